The fourth-order valence-electron chi connectivity index (χ4n) is 4.16. The van der Waals surface area contributed by atoms with Crippen LogP contribution in [0.2, 0.25) is 6.04 Å². The molecule has 0 aromatic rings. The van der Waals surface area contributed by atoms with Crippen LogP contribution in [0.3, 0.4) is 0 Å². The molecular formula is C18H34O2Si. The molecule has 0 amide bonds. The largest absolute Gasteiger partial charge is 0.360 e. The van der Waals surface area contributed by atoms with Crippen molar-refractivity contribution in [2.45, 2.75) is 69.7 Å². The maximum absolute atomic E-state index is 5.26. The number of allylic oxidation sites excluding steroid dienone is 2. The molecule has 2 bridgehead atoms. The summed E-state index contributed by atoms with van der Waals surface area (Å²) in [6.45, 7) is 0. The first kappa shape index (κ1) is 17.2. The van der Waals surface area contributed by atoms with Crippen LogP contribution < -0.4 is 0 Å². The van der Waals surface area contributed by atoms with E-state index >= 15 is 0 Å². The average molecular weight is 311 g/mol. The van der Waals surface area contributed by atoms with Gasteiger partial charge >= 0.3 is 0 Å². The minimum Gasteiger partial charge on any atom is -0.360 e. The molecule has 0 N–H and O–H groups in total. The predicted octanol–water partition coefficient (Wildman–Crippen LogP) is 4.09. The predicted molar refractivity (Wildman–Crippen MR) is 92.3 cm³/mol. The number of methoxy groups -OCH3 is 2. The van der Waals surface area contributed by atoms with E-state index < -0.39 is 0 Å². The third-order valence-corrected chi connectivity index (χ3v) is 7.50. The van der Waals surface area contributed by atoms with Crippen LogP contribution in [0.15, 0.2) is 12.2 Å². The normalized spacial score (nSPS) is 27.7. The molecule has 3 unspecified atom stereocenters. The quantitative estimate of drug-likeness (QED) is 0.234. The Morgan fingerprint density at radius 3 is 2.29 bits per heavy atom. The van der Waals surface area contributed by atoms with Crippen molar-refractivity contribution in [2.24, 2.45) is 17.8 Å². The van der Waals surface area contributed by atoms with E-state index in [2.05, 4.69) is 12.2 Å². The summed E-state index contributed by atoms with van der Waals surface area (Å²) in [7, 11) is 3.33. The Morgan fingerprint density at radius 2 is 1.67 bits per heavy atom. The van der Waals surface area contributed by atoms with Gasteiger partial charge in [0.15, 0.2) is 0 Å². The Bertz CT molecular complexity index is 302. The monoisotopic (exact) mass is 310 g/mol. The lowest BCUT2D eigenvalue weighted by atomic mass is 9.88. The molecule has 0 spiro atoms. The topological polar surface area (TPSA) is 18.5 Å². The molecule has 0 aromatic heterocycles. The zero-order valence-corrected chi connectivity index (χ0v) is 15.5. The molecule has 0 saturated heterocycles. The van der Waals surface area contributed by atoms with Gasteiger partial charge in [-0.1, -0.05) is 56.7 Å². The van der Waals surface area contributed by atoms with E-state index in [0.29, 0.717) is 0 Å². The Morgan fingerprint density at radius 1 is 0.952 bits per heavy atom. The van der Waals surface area contributed by atoms with Gasteiger partial charge in [0.1, 0.15) is 5.91 Å². The molecule has 0 aromatic carbocycles. The lowest BCUT2D eigenvalue weighted by molar-refractivity contribution is -0.0441. The second-order valence-electron chi connectivity index (χ2n) is 6.99. The van der Waals surface area contributed by atoms with Gasteiger partial charge in [0, 0.05) is 14.2 Å². The van der Waals surface area contributed by atoms with Crippen LogP contribution in [-0.4, -0.2) is 29.7 Å². The van der Waals surface area contributed by atoms with Crippen LogP contribution >= 0.6 is 0 Å². The lowest BCUT2D eigenvalue weighted by Gasteiger charge is -2.17. The van der Waals surface area contributed by atoms with Crippen molar-refractivity contribution in [1.82, 2.24) is 0 Å². The molecule has 0 heterocycles. The molecule has 0 aliphatic heterocycles. The molecule has 2 aliphatic rings. The van der Waals surface area contributed by atoms with Crippen molar-refractivity contribution in [1.29, 1.82) is 0 Å². The highest BCUT2D eigenvalue weighted by molar-refractivity contribution is 6.36. The molecule has 3 heteroatoms. The number of rotatable bonds is 12. The van der Waals surface area contributed by atoms with Gasteiger partial charge < -0.3 is 9.47 Å². The molecule has 21 heavy (non-hydrogen) atoms. The third kappa shape index (κ3) is 5.88. The van der Waals surface area contributed by atoms with Crippen LogP contribution in [0.4, 0.5) is 0 Å². The fourth-order valence-corrected chi connectivity index (χ4v) is 5.61. The first-order valence-corrected chi connectivity index (χ1v) is 10.9. The molecule has 2 nitrogen and oxygen atoms in total. The average Bonchev–Trinajstić information content (AvgIpc) is 3.12. The Labute approximate surface area is 133 Å². The van der Waals surface area contributed by atoms with Crippen LogP contribution in [0.1, 0.15) is 57.8 Å². The highest BCUT2D eigenvalue weighted by atomic mass is 28.2. The van der Waals surface area contributed by atoms with Gasteiger partial charge in [0.05, 0.1) is 9.52 Å². The molecule has 2 aliphatic carbocycles. The van der Waals surface area contributed by atoms with Gasteiger partial charge in [-0.25, -0.2) is 0 Å². The van der Waals surface area contributed by atoms with Crippen molar-refractivity contribution in [3.8, 4) is 0 Å². The van der Waals surface area contributed by atoms with E-state index in [9.17, 15) is 0 Å². The highest BCUT2D eigenvalue weighted by Gasteiger charge is 2.34. The van der Waals surface area contributed by atoms with Gasteiger partial charge in [-0.15, -0.1) is 0 Å². The summed E-state index contributed by atoms with van der Waals surface area (Å²) in [4.78, 5) is 0. The van der Waals surface area contributed by atoms with Gasteiger partial charge in [0.25, 0.3) is 0 Å². The SMILES string of the molecule is COC(OC)[SiH2]CCCCCCCCC1CC2C=CC1C2. The van der Waals surface area contributed by atoms with E-state index in [1.165, 1.54) is 63.8 Å². The van der Waals surface area contributed by atoms with E-state index in [1.54, 1.807) is 14.2 Å². The minimum atomic E-state index is -0.184. The number of unbranched alkanes of at least 4 members (excludes halogenated alkanes) is 5. The summed E-state index contributed by atoms with van der Waals surface area (Å²) < 4.78 is 10.5. The molecule has 3 atom stereocenters. The molecule has 122 valence electrons. The number of fused-ring (bicyclic) bond motifs is 2. The van der Waals surface area contributed by atoms with E-state index in [4.69, 9.17) is 9.47 Å². The molecule has 1 saturated carbocycles. The highest BCUT2D eigenvalue weighted by Crippen LogP contribution is 2.45. The Hall–Kier alpha value is -0.123. The zero-order valence-electron chi connectivity index (χ0n) is 14.1. The second-order valence-corrected chi connectivity index (χ2v) is 8.94. The van der Waals surface area contributed by atoms with Crippen LogP contribution in [0.25, 0.3) is 0 Å². The maximum atomic E-state index is 5.26. The minimum absolute atomic E-state index is 0.140. The number of hydrogen-bond donors (Lipinski definition) is 0. The molecule has 2 rings (SSSR count). The smallest absolute Gasteiger partial charge is 0.134 e. The van der Waals surface area contributed by atoms with Gasteiger partial charge in [-0.2, -0.15) is 0 Å². The summed E-state index contributed by atoms with van der Waals surface area (Å²) in [5, 5.41) is 0. The zero-order chi connectivity index (χ0) is 14.9. The van der Waals surface area contributed by atoms with Gasteiger partial charge in [0.2, 0.25) is 0 Å². The van der Waals surface area contributed by atoms with E-state index in [-0.39, 0.29) is 15.4 Å². The summed E-state index contributed by atoms with van der Waals surface area (Å²) in [6.07, 6.45) is 18.0. The second kappa shape index (κ2) is 9.81. The van der Waals surface area contributed by atoms with Crippen molar-refractivity contribution >= 4 is 9.52 Å². The number of hydrogen-bond acceptors (Lipinski definition) is 2. The standard InChI is InChI=1S/C18H34O2Si/c1-19-18(20-2)21-12-8-6-4-3-5-7-9-16-13-15-10-11-17(16)14-15/h10-11,15-18H,3-9,12-14,21H2,1-2H3. The van der Waals surface area contributed by atoms with Crippen LogP contribution in [0.5, 0.6) is 0 Å². The fraction of sp³-hybridized carbons (Fsp3) is 0.889. The van der Waals surface area contributed by atoms with Crippen LogP contribution in [0, 0.1) is 17.8 Å². The summed E-state index contributed by atoms with van der Waals surface area (Å²) >= 11 is 0. The van der Waals surface area contributed by atoms with Crippen molar-refractivity contribution in [3.05, 3.63) is 12.2 Å². The summed E-state index contributed by atoms with van der Waals surface area (Å²) in [5.74, 6) is 3.08. The summed E-state index contributed by atoms with van der Waals surface area (Å²) in [6, 6.07) is 1.36. The van der Waals surface area contributed by atoms with Gasteiger partial charge in [-0.3, -0.25) is 0 Å². The van der Waals surface area contributed by atoms with E-state index in [0.717, 1.165) is 17.8 Å². The first-order chi connectivity index (χ1) is 10.3. The van der Waals surface area contributed by atoms with E-state index in [1.807, 2.05) is 0 Å². The molecule has 0 radical (unpaired) electrons. The third-order valence-electron chi connectivity index (χ3n) is 5.46. The number of ether oxygens (including phenoxy) is 2. The van der Waals surface area contributed by atoms with Crippen molar-refractivity contribution in [3.63, 3.8) is 0 Å². The van der Waals surface area contributed by atoms with Gasteiger partial charge in [-0.05, 0) is 37.0 Å². The lowest BCUT2D eigenvalue weighted by Crippen LogP contribution is -2.20. The van der Waals surface area contributed by atoms with Crippen molar-refractivity contribution in [2.75, 3.05) is 14.2 Å². The first-order valence-electron chi connectivity index (χ1n) is 9.07. The molecular weight excluding hydrogens is 276 g/mol. The maximum Gasteiger partial charge on any atom is 0.134 e. The summed E-state index contributed by atoms with van der Waals surface area (Å²) in [5.41, 5.74) is 0. The van der Waals surface area contributed by atoms with Crippen molar-refractivity contribution < 1.29 is 9.47 Å². The Kier molecular flexibility index (Phi) is 8.05. The Balaban J connectivity index is 1.35. The van der Waals surface area contributed by atoms with Crippen LogP contribution in [-0.2, 0) is 9.47 Å². The molecule has 1 fully saturated rings.